The second kappa shape index (κ2) is 18.0. The van der Waals surface area contributed by atoms with Gasteiger partial charge in [0.15, 0.2) is 5.12 Å². The lowest BCUT2D eigenvalue weighted by Gasteiger charge is -2.24. The van der Waals surface area contributed by atoms with Gasteiger partial charge in [-0.15, -0.1) is 0 Å². The zero-order valence-electron chi connectivity index (χ0n) is 18.5. The molecule has 0 spiro atoms. The van der Waals surface area contributed by atoms with Crippen molar-refractivity contribution in [2.75, 3.05) is 46.0 Å². The van der Waals surface area contributed by atoms with Gasteiger partial charge in [0.1, 0.15) is 0 Å². The van der Waals surface area contributed by atoms with E-state index in [1.165, 1.54) is 0 Å². The van der Waals surface area contributed by atoms with E-state index >= 15 is 0 Å². The van der Waals surface area contributed by atoms with Crippen molar-refractivity contribution in [2.45, 2.75) is 51.5 Å². The number of thioether (sulfide) groups is 1. The molecule has 1 atom stereocenters. The van der Waals surface area contributed by atoms with Gasteiger partial charge < -0.3 is 22.8 Å². The van der Waals surface area contributed by atoms with Crippen LogP contribution in [0.25, 0.3) is 0 Å². The number of unbranched alkanes of at least 4 members (excludes halogenated alkanes) is 1. The molecule has 30 heavy (non-hydrogen) atoms. The average molecular weight is 485 g/mol. The number of hydrogen-bond donors (Lipinski definition) is 1. The fourth-order valence-corrected chi connectivity index (χ4v) is 5.19. The molecule has 0 saturated carbocycles. The van der Waals surface area contributed by atoms with Crippen LogP contribution in [0.1, 0.15) is 45.4 Å². The lowest BCUT2D eigenvalue weighted by atomic mass is 10.1. The van der Waals surface area contributed by atoms with Gasteiger partial charge in [0.2, 0.25) is 0 Å². The maximum Gasteiger partial charge on any atom is 0.500 e. The van der Waals surface area contributed by atoms with Crippen molar-refractivity contribution in [3.8, 4) is 0 Å². The van der Waals surface area contributed by atoms with Crippen molar-refractivity contribution in [1.29, 1.82) is 0 Å². The van der Waals surface area contributed by atoms with Crippen LogP contribution in [-0.2, 0) is 37.1 Å². The lowest BCUT2D eigenvalue weighted by molar-refractivity contribution is -0.148. The summed E-state index contributed by atoms with van der Waals surface area (Å²) in [6, 6.07) is 0.656. The average Bonchev–Trinajstić information content (AvgIpc) is 2.74. The van der Waals surface area contributed by atoms with Crippen LogP contribution in [0, 0.1) is 5.92 Å². The number of esters is 2. The molecular weight excluding hydrogens is 448 g/mol. The van der Waals surface area contributed by atoms with Gasteiger partial charge in [-0.2, -0.15) is 12.6 Å². The van der Waals surface area contributed by atoms with Gasteiger partial charge in [0.05, 0.1) is 26.1 Å². The third-order valence-corrected chi connectivity index (χ3v) is 8.46. The smallest absolute Gasteiger partial charge is 0.465 e. The summed E-state index contributed by atoms with van der Waals surface area (Å²) in [6.45, 7) is 2.37. The Hall–Kier alpha value is -0.593. The summed E-state index contributed by atoms with van der Waals surface area (Å²) in [5.74, 6) is 0.139. The van der Waals surface area contributed by atoms with Crippen LogP contribution < -0.4 is 0 Å². The lowest BCUT2D eigenvalue weighted by Crippen LogP contribution is -2.42. The van der Waals surface area contributed by atoms with Crippen LogP contribution >= 0.6 is 24.4 Å². The van der Waals surface area contributed by atoms with Crippen molar-refractivity contribution in [3.05, 3.63) is 0 Å². The Kier molecular flexibility index (Phi) is 17.7. The van der Waals surface area contributed by atoms with Crippen LogP contribution in [0.5, 0.6) is 0 Å². The van der Waals surface area contributed by atoms with Crippen molar-refractivity contribution < 1.29 is 37.1 Å². The van der Waals surface area contributed by atoms with Gasteiger partial charge in [0, 0.05) is 51.2 Å². The minimum absolute atomic E-state index is 0.0333. The van der Waals surface area contributed by atoms with Crippen LogP contribution in [0.3, 0.4) is 0 Å². The van der Waals surface area contributed by atoms with Crippen LogP contribution in [0.15, 0.2) is 0 Å². The highest BCUT2D eigenvalue weighted by Crippen LogP contribution is 2.19. The predicted molar refractivity (Wildman–Crippen MR) is 122 cm³/mol. The minimum Gasteiger partial charge on any atom is -0.465 e. The van der Waals surface area contributed by atoms with Gasteiger partial charge >= 0.3 is 20.7 Å². The molecular formula is C19H36O8S2Si. The molecule has 0 aliphatic carbocycles. The minimum atomic E-state index is -2.58. The maximum atomic E-state index is 11.9. The first-order valence-corrected chi connectivity index (χ1v) is 13.6. The summed E-state index contributed by atoms with van der Waals surface area (Å²) in [5, 5.41) is 0.0462. The molecule has 0 aliphatic heterocycles. The van der Waals surface area contributed by atoms with Crippen LogP contribution in [0.2, 0.25) is 6.04 Å². The second-order valence-corrected chi connectivity index (χ2v) is 11.3. The highest BCUT2D eigenvalue weighted by Gasteiger charge is 2.36. The molecule has 0 amide bonds. The quantitative estimate of drug-likeness (QED) is 0.136. The first-order valence-electron chi connectivity index (χ1n) is 10.1. The van der Waals surface area contributed by atoms with Crippen LogP contribution in [-0.4, -0.2) is 71.9 Å². The first-order chi connectivity index (χ1) is 14.4. The molecule has 8 nitrogen and oxygen atoms in total. The second-order valence-electron chi connectivity index (χ2n) is 6.59. The Morgan fingerprint density at radius 2 is 1.47 bits per heavy atom. The zero-order chi connectivity index (χ0) is 22.8. The number of ether oxygens (including phenoxy) is 2. The molecule has 0 rings (SSSR count). The molecule has 0 bridgehead atoms. The Balaban J connectivity index is 3.91. The molecule has 0 aromatic heterocycles. The molecule has 0 aromatic carbocycles. The van der Waals surface area contributed by atoms with Crippen molar-refractivity contribution in [2.24, 2.45) is 5.92 Å². The Bertz CT molecular complexity index is 495. The number of thiol groups is 1. The van der Waals surface area contributed by atoms with E-state index in [1.807, 2.05) is 6.92 Å². The predicted octanol–water partition coefficient (Wildman–Crippen LogP) is 3.12. The van der Waals surface area contributed by atoms with E-state index in [2.05, 4.69) is 12.6 Å². The molecule has 11 heteroatoms. The molecule has 1 unspecified atom stereocenters. The van der Waals surface area contributed by atoms with Crippen molar-refractivity contribution >= 4 is 50.2 Å². The number of rotatable bonds is 18. The summed E-state index contributed by atoms with van der Waals surface area (Å²) in [5.41, 5.74) is 0. The van der Waals surface area contributed by atoms with E-state index < -0.39 is 8.80 Å². The van der Waals surface area contributed by atoms with Gasteiger partial charge in [0.25, 0.3) is 0 Å². The Labute approximate surface area is 190 Å². The third-order valence-electron chi connectivity index (χ3n) is 4.47. The van der Waals surface area contributed by atoms with E-state index in [0.29, 0.717) is 30.4 Å². The molecule has 0 aromatic rings. The fourth-order valence-electron chi connectivity index (χ4n) is 2.43. The van der Waals surface area contributed by atoms with Crippen LogP contribution in [0.4, 0.5) is 0 Å². The fraction of sp³-hybridized carbons (Fsp3) is 0.842. The van der Waals surface area contributed by atoms with E-state index in [4.69, 9.17) is 22.8 Å². The third kappa shape index (κ3) is 13.7. The Morgan fingerprint density at radius 1 is 0.900 bits per heavy atom. The van der Waals surface area contributed by atoms with E-state index in [0.717, 1.165) is 24.6 Å². The van der Waals surface area contributed by atoms with Gasteiger partial charge in [-0.3, -0.25) is 14.4 Å². The molecule has 0 fully saturated rings. The number of hydrogen-bond acceptors (Lipinski definition) is 10. The monoisotopic (exact) mass is 484 g/mol. The molecule has 0 saturated heterocycles. The van der Waals surface area contributed by atoms with Gasteiger partial charge in [-0.1, -0.05) is 18.7 Å². The number of carbonyl (C=O) groups is 3. The SMILES string of the molecule is CCC(COC(=O)CCS)COC(=O)CCSC(=O)CCCC[Si](OC)(OC)OC. The molecule has 0 radical (unpaired) electrons. The standard InChI is InChI=1S/C19H36O8S2Si/c1-5-16(14-26-17(20)9-11-28)15-27-18(21)10-12-29-19(22)8-6-7-13-30(23-2,24-3)25-4/h16,28H,5-15H2,1-4H3. The molecule has 0 N–H and O–H groups in total. The summed E-state index contributed by atoms with van der Waals surface area (Å²) in [6.07, 6.45) is 3.07. The van der Waals surface area contributed by atoms with Crippen molar-refractivity contribution in [3.63, 3.8) is 0 Å². The summed E-state index contributed by atoms with van der Waals surface area (Å²) in [7, 11) is 2.12. The normalized spacial score (nSPS) is 12.4. The highest BCUT2D eigenvalue weighted by atomic mass is 32.2. The molecule has 0 heterocycles. The highest BCUT2D eigenvalue weighted by molar-refractivity contribution is 8.13. The van der Waals surface area contributed by atoms with Crippen molar-refractivity contribution in [1.82, 2.24) is 0 Å². The van der Waals surface area contributed by atoms with Gasteiger partial charge in [-0.05, 0) is 19.3 Å². The zero-order valence-corrected chi connectivity index (χ0v) is 21.2. The summed E-state index contributed by atoms with van der Waals surface area (Å²) >= 11 is 5.12. The number of carbonyl (C=O) groups excluding carboxylic acids is 3. The maximum absolute atomic E-state index is 11.9. The molecule has 0 aliphatic rings. The summed E-state index contributed by atoms with van der Waals surface area (Å²) in [4.78, 5) is 35.2. The van der Waals surface area contributed by atoms with Gasteiger partial charge in [-0.25, -0.2) is 0 Å². The topological polar surface area (TPSA) is 97.4 Å². The largest absolute Gasteiger partial charge is 0.500 e. The summed E-state index contributed by atoms with van der Waals surface area (Å²) < 4.78 is 26.4. The van der Waals surface area contributed by atoms with E-state index in [-0.39, 0.29) is 49.0 Å². The Morgan fingerprint density at radius 3 is 1.97 bits per heavy atom. The van der Waals surface area contributed by atoms with E-state index in [1.54, 1.807) is 21.3 Å². The first kappa shape index (κ1) is 29.4. The molecule has 176 valence electrons. The van der Waals surface area contributed by atoms with E-state index in [9.17, 15) is 14.4 Å².